The molecule has 0 aliphatic heterocycles. The highest BCUT2D eigenvalue weighted by atomic mass is 32.1. The zero-order valence-corrected chi connectivity index (χ0v) is 11.0. The number of carbonyl (C=O) groups excluding carboxylic acids is 1. The Balaban J connectivity index is 2.58. The van der Waals surface area contributed by atoms with Crippen molar-refractivity contribution in [2.75, 3.05) is 26.3 Å². The lowest BCUT2D eigenvalue weighted by atomic mass is 10.4. The fourth-order valence-corrected chi connectivity index (χ4v) is 2.09. The van der Waals surface area contributed by atoms with E-state index in [-0.39, 0.29) is 12.6 Å². The second-order valence-corrected chi connectivity index (χ2v) is 4.31. The van der Waals surface area contributed by atoms with Gasteiger partial charge >= 0.3 is 5.97 Å². The normalized spacial score (nSPS) is 10.8. The lowest BCUT2D eigenvalue weighted by molar-refractivity contribution is 0.0525. The SMILES string of the molecule is CCOC(=O)c1nc(CN(CC)CCO)cs1. The minimum Gasteiger partial charge on any atom is -0.461 e. The lowest BCUT2D eigenvalue weighted by Crippen LogP contribution is -2.26. The van der Waals surface area contributed by atoms with E-state index in [0.717, 1.165) is 12.2 Å². The average molecular weight is 258 g/mol. The molecular weight excluding hydrogens is 240 g/mol. The Kier molecular flexibility index (Phi) is 6.10. The van der Waals surface area contributed by atoms with Crippen LogP contribution in [0.4, 0.5) is 0 Å². The molecule has 0 amide bonds. The monoisotopic (exact) mass is 258 g/mol. The van der Waals surface area contributed by atoms with Crippen LogP contribution < -0.4 is 0 Å². The molecule has 6 heteroatoms. The highest BCUT2D eigenvalue weighted by molar-refractivity contribution is 7.11. The molecule has 0 aliphatic carbocycles. The average Bonchev–Trinajstić information content (AvgIpc) is 2.77. The number of carbonyl (C=O) groups is 1. The Morgan fingerprint density at radius 3 is 2.94 bits per heavy atom. The van der Waals surface area contributed by atoms with Crippen molar-refractivity contribution >= 4 is 17.3 Å². The molecule has 0 atom stereocenters. The van der Waals surface area contributed by atoms with Crippen LogP contribution in [0.5, 0.6) is 0 Å². The second-order valence-electron chi connectivity index (χ2n) is 3.46. The van der Waals surface area contributed by atoms with Crippen LogP contribution in [-0.4, -0.2) is 47.3 Å². The molecule has 0 saturated heterocycles. The summed E-state index contributed by atoms with van der Waals surface area (Å²) >= 11 is 1.29. The number of ether oxygens (including phenoxy) is 1. The molecule has 0 unspecified atom stereocenters. The molecule has 0 radical (unpaired) electrons. The number of hydrogen-bond acceptors (Lipinski definition) is 6. The number of aromatic nitrogens is 1. The van der Waals surface area contributed by atoms with E-state index in [2.05, 4.69) is 9.88 Å². The highest BCUT2D eigenvalue weighted by Crippen LogP contribution is 2.12. The maximum Gasteiger partial charge on any atom is 0.367 e. The van der Waals surface area contributed by atoms with Crippen LogP contribution >= 0.6 is 11.3 Å². The molecule has 1 aromatic heterocycles. The van der Waals surface area contributed by atoms with Gasteiger partial charge in [0.25, 0.3) is 0 Å². The Hall–Kier alpha value is -0.980. The van der Waals surface area contributed by atoms with E-state index in [1.54, 1.807) is 6.92 Å². The number of esters is 1. The molecular formula is C11H18N2O3S. The van der Waals surface area contributed by atoms with Gasteiger partial charge in [0.15, 0.2) is 0 Å². The van der Waals surface area contributed by atoms with Crippen molar-refractivity contribution < 1.29 is 14.6 Å². The third-order valence-electron chi connectivity index (χ3n) is 2.25. The third kappa shape index (κ3) is 4.41. The number of nitrogens with zero attached hydrogens (tertiary/aromatic N) is 2. The molecule has 0 spiro atoms. The molecule has 5 nitrogen and oxygen atoms in total. The van der Waals surface area contributed by atoms with Gasteiger partial charge in [-0.1, -0.05) is 6.92 Å². The van der Waals surface area contributed by atoms with Crippen LogP contribution in [0.1, 0.15) is 29.3 Å². The van der Waals surface area contributed by atoms with E-state index < -0.39 is 0 Å². The molecule has 0 saturated carbocycles. The summed E-state index contributed by atoms with van der Waals surface area (Å²) in [7, 11) is 0. The first-order valence-corrected chi connectivity index (χ1v) is 6.53. The van der Waals surface area contributed by atoms with Crippen molar-refractivity contribution in [2.45, 2.75) is 20.4 Å². The summed E-state index contributed by atoms with van der Waals surface area (Å²) in [6, 6.07) is 0. The standard InChI is InChI=1S/C11H18N2O3S/c1-3-13(5-6-14)7-9-8-17-10(12-9)11(15)16-4-2/h8,14H,3-7H2,1-2H3. The van der Waals surface area contributed by atoms with Crippen LogP contribution in [0, 0.1) is 0 Å². The quantitative estimate of drug-likeness (QED) is 0.743. The Morgan fingerprint density at radius 1 is 1.59 bits per heavy atom. The van der Waals surface area contributed by atoms with Crippen molar-refractivity contribution in [3.63, 3.8) is 0 Å². The van der Waals surface area contributed by atoms with Crippen molar-refractivity contribution in [1.29, 1.82) is 0 Å². The van der Waals surface area contributed by atoms with Gasteiger partial charge in [0.2, 0.25) is 5.01 Å². The summed E-state index contributed by atoms with van der Waals surface area (Å²) < 4.78 is 4.88. The Bertz CT molecular complexity index is 354. The molecule has 1 aromatic rings. The fourth-order valence-electron chi connectivity index (χ4n) is 1.39. The predicted octanol–water partition coefficient (Wildman–Crippen LogP) is 1.13. The summed E-state index contributed by atoms with van der Waals surface area (Å²) in [4.78, 5) is 17.7. The van der Waals surface area contributed by atoms with Crippen LogP contribution in [0.15, 0.2) is 5.38 Å². The van der Waals surface area contributed by atoms with Crippen LogP contribution in [-0.2, 0) is 11.3 Å². The maximum atomic E-state index is 11.4. The fraction of sp³-hybridized carbons (Fsp3) is 0.636. The van der Waals surface area contributed by atoms with Crippen molar-refractivity contribution in [3.8, 4) is 0 Å². The van der Waals surface area contributed by atoms with Crippen LogP contribution in [0.25, 0.3) is 0 Å². The Labute approximate surface area is 105 Å². The van der Waals surface area contributed by atoms with Gasteiger partial charge in [-0.25, -0.2) is 9.78 Å². The van der Waals surface area contributed by atoms with Crippen LogP contribution in [0.2, 0.25) is 0 Å². The molecule has 0 aliphatic rings. The molecule has 1 rings (SSSR count). The summed E-state index contributed by atoms with van der Waals surface area (Å²) in [6.07, 6.45) is 0. The zero-order valence-electron chi connectivity index (χ0n) is 10.2. The topological polar surface area (TPSA) is 62.7 Å². The number of rotatable bonds is 7. The molecule has 1 N–H and O–H groups in total. The van der Waals surface area contributed by atoms with Crippen LogP contribution in [0.3, 0.4) is 0 Å². The van der Waals surface area contributed by atoms with Gasteiger partial charge < -0.3 is 9.84 Å². The number of aliphatic hydroxyl groups excluding tert-OH is 1. The first kappa shape index (κ1) is 14.1. The molecule has 0 aromatic carbocycles. The molecule has 0 fully saturated rings. The van der Waals surface area contributed by atoms with Gasteiger partial charge in [0.1, 0.15) is 0 Å². The summed E-state index contributed by atoms with van der Waals surface area (Å²) in [5.41, 5.74) is 0.841. The van der Waals surface area contributed by atoms with E-state index in [4.69, 9.17) is 9.84 Å². The zero-order chi connectivity index (χ0) is 12.7. The minimum atomic E-state index is -0.367. The summed E-state index contributed by atoms with van der Waals surface area (Å²) in [5.74, 6) is -0.367. The first-order chi connectivity index (χ1) is 8.21. The highest BCUT2D eigenvalue weighted by Gasteiger charge is 2.13. The summed E-state index contributed by atoms with van der Waals surface area (Å²) in [6.45, 7) is 6.38. The van der Waals surface area contributed by atoms with Gasteiger partial charge in [-0.3, -0.25) is 4.90 Å². The van der Waals surface area contributed by atoms with Gasteiger partial charge in [0, 0.05) is 18.5 Å². The largest absolute Gasteiger partial charge is 0.461 e. The minimum absolute atomic E-state index is 0.128. The van der Waals surface area contributed by atoms with E-state index in [9.17, 15) is 4.79 Å². The molecule has 1 heterocycles. The second kappa shape index (κ2) is 7.37. The molecule has 17 heavy (non-hydrogen) atoms. The Morgan fingerprint density at radius 2 is 2.35 bits per heavy atom. The van der Waals surface area contributed by atoms with Gasteiger partial charge in [-0.05, 0) is 13.5 Å². The number of aliphatic hydroxyl groups is 1. The summed E-state index contributed by atoms with van der Waals surface area (Å²) in [5, 5.41) is 11.1. The van der Waals surface area contributed by atoms with Crippen molar-refractivity contribution in [2.24, 2.45) is 0 Å². The van der Waals surface area contributed by atoms with E-state index in [0.29, 0.717) is 24.7 Å². The predicted molar refractivity (Wildman–Crippen MR) is 66.1 cm³/mol. The first-order valence-electron chi connectivity index (χ1n) is 5.66. The number of hydrogen-bond donors (Lipinski definition) is 1. The lowest BCUT2D eigenvalue weighted by Gasteiger charge is -2.17. The number of likely N-dealkylation sites (N-methyl/N-ethyl adjacent to an activating group) is 1. The van der Waals surface area contributed by atoms with E-state index in [1.165, 1.54) is 11.3 Å². The molecule has 96 valence electrons. The van der Waals surface area contributed by atoms with Gasteiger partial charge in [-0.15, -0.1) is 11.3 Å². The third-order valence-corrected chi connectivity index (χ3v) is 3.12. The molecule has 0 bridgehead atoms. The number of thiazole rings is 1. The van der Waals surface area contributed by atoms with Gasteiger partial charge in [0.05, 0.1) is 18.9 Å². The van der Waals surface area contributed by atoms with E-state index in [1.807, 2.05) is 12.3 Å². The van der Waals surface area contributed by atoms with Crippen molar-refractivity contribution in [1.82, 2.24) is 9.88 Å². The van der Waals surface area contributed by atoms with E-state index >= 15 is 0 Å². The van der Waals surface area contributed by atoms with Gasteiger partial charge in [-0.2, -0.15) is 0 Å². The maximum absolute atomic E-state index is 11.4. The smallest absolute Gasteiger partial charge is 0.367 e. The van der Waals surface area contributed by atoms with Crippen molar-refractivity contribution in [3.05, 3.63) is 16.1 Å².